The third-order valence-corrected chi connectivity index (χ3v) is 3.35. The van der Waals surface area contributed by atoms with Crippen LogP contribution in [-0.4, -0.2) is 22.1 Å². The van der Waals surface area contributed by atoms with Crippen molar-refractivity contribution in [3.63, 3.8) is 0 Å². The van der Waals surface area contributed by atoms with Crippen LogP contribution in [-0.2, 0) is 0 Å². The van der Waals surface area contributed by atoms with Gasteiger partial charge in [-0.05, 0) is 18.2 Å². The van der Waals surface area contributed by atoms with E-state index in [4.69, 9.17) is 10.5 Å². The number of rotatable bonds is 2. The molecule has 0 spiro atoms. The maximum atomic E-state index is 5.96. The number of ether oxygens (including phenoxy) is 1. The summed E-state index contributed by atoms with van der Waals surface area (Å²) in [5.41, 5.74) is 8.51. The monoisotopic (exact) mass is 258 g/mol. The average Bonchev–Trinajstić information content (AvgIpc) is 2.92. The Morgan fingerprint density at radius 3 is 2.89 bits per heavy atom. The molecule has 3 rings (SSSR count). The largest absolute Gasteiger partial charge is 0.497 e. The van der Waals surface area contributed by atoms with Gasteiger partial charge in [-0.2, -0.15) is 0 Å². The van der Waals surface area contributed by atoms with E-state index in [9.17, 15) is 0 Å². The second kappa shape index (κ2) is 4.23. The van der Waals surface area contributed by atoms with Gasteiger partial charge in [0.25, 0.3) is 0 Å². The maximum Gasteiger partial charge on any atom is 0.173 e. The lowest BCUT2D eigenvalue weighted by Gasteiger charge is -2.05. The summed E-state index contributed by atoms with van der Waals surface area (Å²) in [4.78, 5) is 13.7. The molecule has 0 saturated heterocycles. The van der Waals surface area contributed by atoms with Crippen LogP contribution < -0.4 is 10.5 Å². The predicted octanol–water partition coefficient (Wildman–Crippen LogP) is 2.34. The molecule has 6 heteroatoms. The number of nitrogens with zero attached hydrogens (tertiary/aromatic N) is 3. The number of anilines is 1. The van der Waals surface area contributed by atoms with Crippen LogP contribution in [0.15, 0.2) is 29.9 Å². The number of nitrogens with two attached hydrogens (primary N) is 1. The smallest absolute Gasteiger partial charge is 0.173 e. The van der Waals surface area contributed by atoms with E-state index in [0.29, 0.717) is 11.6 Å². The molecule has 2 heterocycles. The van der Waals surface area contributed by atoms with Gasteiger partial charge in [0.2, 0.25) is 0 Å². The molecule has 5 nitrogen and oxygen atoms in total. The molecule has 18 heavy (non-hydrogen) atoms. The Balaban J connectivity index is 2.22. The molecule has 0 unspecified atom stereocenters. The minimum atomic E-state index is 0.447. The second-order valence-corrected chi connectivity index (χ2v) is 4.57. The van der Waals surface area contributed by atoms with E-state index in [1.165, 1.54) is 11.3 Å². The first kappa shape index (κ1) is 10.9. The van der Waals surface area contributed by atoms with Gasteiger partial charge in [0.15, 0.2) is 5.82 Å². The standard InChI is InChI=1S/C12H10N4OS/c1-17-7-2-3-9-8(4-7)11(13)16-12(15-9)10-5-14-6-18-10/h2-6H,1H3,(H2,13,15,16). The quantitative estimate of drug-likeness (QED) is 0.763. The van der Waals surface area contributed by atoms with Crippen LogP contribution in [0.3, 0.4) is 0 Å². The number of hydrogen-bond donors (Lipinski definition) is 1. The van der Waals surface area contributed by atoms with Crippen molar-refractivity contribution in [1.29, 1.82) is 0 Å². The zero-order valence-corrected chi connectivity index (χ0v) is 10.4. The first-order valence-electron chi connectivity index (χ1n) is 5.28. The zero-order chi connectivity index (χ0) is 12.5. The van der Waals surface area contributed by atoms with Crippen molar-refractivity contribution in [2.24, 2.45) is 0 Å². The Kier molecular flexibility index (Phi) is 2.56. The molecular formula is C12H10N4OS. The van der Waals surface area contributed by atoms with Crippen molar-refractivity contribution in [2.45, 2.75) is 0 Å². The highest BCUT2D eigenvalue weighted by atomic mass is 32.1. The van der Waals surface area contributed by atoms with E-state index in [1.54, 1.807) is 18.8 Å². The van der Waals surface area contributed by atoms with Crippen molar-refractivity contribution >= 4 is 28.1 Å². The van der Waals surface area contributed by atoms with Crippen molar-refractivity contribution in [1.82, 2.24) is 15.0 Å². The molecule has 0 saturated carbocycles. The lowest BCUT2D eigenvalue weighted by Crippen LogP contribution is -1.97. The number of nitrogen functional groups attached to an aromatic ring is 1. The van der Waals surface area contributed by atoms with Gasteiger partial charge >= 0.3 is 0 Å². The summed E-state index contributed by atoms with van der Waals surface area (Å²) in [6.45, 7) is 0. The maximum absolute atomic E-state index is 5.96. The number of benzene rings is 1. The molecule has 0 radical (unpaired) electrons. The summed E-state index contributed by atoms with van der Waals surface area (Å²) in [7, 11) is 1.61. The van der Waals surface area contributed by atoms with Gasteiger partial charge in [0.05, 0.1) is 23.0 Å². The molecule has 0 bridgehead atoms. The number of fused-ring (bicyclic) bond motifs is 1. The lowest BCUT2D eigenvalue weighted by atomic mass is 10.2. The number of aromatic nitrogens is 3. The third-order valence-electron chi connectivity index (χ3n) is 2.59. The van der Waals surface area contributed by atoms with E-state index in [1.807, 2.05) is 18.2 Å². The number of thiazole rings is 1. The first-order chi connectivity index (χ1) is 8.78. The molecule has 0 atom stereocenters. The fourth-order valence-electron chi connectivity index (χ4n) is 1.69. The predicted molar refractivity (Wildman–Crippen MR) is 71.6 cm³/mol. The van der Waals surface area contributed by atoms with Crippen LogP contribution in [0.1, 0.15) is 0 Å². The van der Waals surface area contributed by atoms with Crippen LogP contribution in [0.5, 0.6) is 5.75 Å². The Bertz CT molecular complexity index is 697. The minimum absolute atomic E-state index is 0.447. The Morgan fingerprint density at radius 2 is 2.17 bits per heavy atom. The van der Waals surface area contributed by atoms with Crippen molar-refractivity contribution < 1.29 is 4.74 Å². The van der Waals surface area contributed by atoms with Gasteiger partial charge in [-0.15, -0.1) is 11.3 Å². The van der Waals surface area contributed by atoms with Crippen LogP contribution >= 0.6 is 11.3 Å². The fourth-order valence-corrected chi connectivity index (χ4v) is 2.25. The van der Waals surface area contributed by atoms with Gasteiger partial charge < -0.3 is 10.5 Å². The molecule has 0 aliphatic heterocycles. The Labute approximate surface area is 107 Å². The summed E-state index contributed by atoms with van der Waals surface area (Å²) in [6.07, 6.45) is 1.73. The number of hydrogen-bond acceptors (Lipinski definition) is 6. The summed E-state index contributed by atoms with van der Waals surface area (Å²) >= 11 is 1.48. The van der Waals surface area contributed by atoms with Gasteiger partial charge in [-0.25, -0.2) is 9.97 Å². The van der Waals surface area contributed by atoms with Crippen molar-refractivity contribution in [2.75, 3.05) is 12.8 Å². The molecule has 0 aliphatic carbocycles. The van der Waals surface area contributed by atoms with Gasteiger partial charge in [-0.1, -0.05) is 0 Å². The summed E-state index contributed by atoms with van der Waals surface area (Å²) in [6, 6.07) is 5.56. The molecule has 0 aliphatic rings. The first-order valence-corrected chi connectivity index (χ1v) is 6.16. The summed E-state index contributed by atoms with van der Waals surface area (Å²) < 4.78 is 5.16. The van der Waals surface area contributed by atoms with E-state index >= 15 is 0 Å². The normalized spacial score (nSPS) is 10.7. The molecule has 2 aromatic heterocycles. The van der Waals surface area contributed by atoms with Crippen LogP contribution in [0.2, 0.25) is 0 Å². The van der Waals surface area contributed by atoms with Crippen LogP contribution in [0, 0.1) is 0 Å². The Morgan fingerprint density at radius 1 is 1.28 bits per heavy atom. The highest BCUT2D eigenvalue weighted by molar-refractivity contribution is 7.13. The van der Waals surface area contributed by atoms with Crippen molar-refractivity contribution in [3.8, 4) is 16.5 Å². The van der Waals surface area contributed by atoms with E-state index in [2.05, 4.69) is 15.0 Å². The van der Waals surface area contributed by atoms with Crippen LogP contribution in [0.25, 0.3) is 21.6 Å². The molecule has 1 aromatic carbocycles. The van der Waals surface area contributed by atoms with Gasteiger partial charge in [-0.3, -0.25) is 4.98 Å². The van der Waals surface area contributed by atoms with Crippen LogP contribution in [0.4, 0.5) is 5.82 Å². The van der Waals surface area contributed by atoms with E-state index < -0.39 is 0 Å². The van der Waals surface area contributed by atoms with E-state index in [0.717, 1.165) is 21.5 Å². The molecular weight excluding hydrogens is 248 g/mol. The molecule has 90 valence electrons. The highest BCUT2D eigenvalue weighted by Crippen LogP contribution is 2.27. The van der Waals surface area contributed by atoms with Gasteiger partial charge in [0, 0.05) is 11.6 Å². The molecule has 2 N–H and O–H groups in total. The minimum Gasteiger partial charge on any atom is -0.497 e. The highest BCUT2D eigenvalue weighted by Gasteiger charge is 2.09. The summed E-state index contributed by atoms with van der Waals surface area (Å²) in [5, 5.41) is 0.794. The Hall–Kier alpha value is -2.21. The van der Waals surface area contributed by atoms with Gasteiger partial charge in [0.1, 0.15) is 11.6 Å². The molecule has 0 amide bonds. The van der Waals surface area contributed by atoms with E-state index in [-0.39, 0.29) is 0 Å². The second-order valence-electron chi connectivity index (χ2n) is 3.68. The molecule has 3 aromatic rings. The fraction of sp³-hybridized carbons (Fsp3) is 0.0833. The number of methoxy groups -OCH3 is 1. The SMILES string of the molecule is COc1ccc2nc(-c3cncs3)nc(N)c2c1. The zero-order valence-electron chi connectivity index (χ0n) is 9.62. The molecule has 0 fully saturated rings. The topological polar surface area (TPSA) is 73.9 Å². The summed E-state index contributed by atoms with van der Waals surface area (Å²) in [5.74, 6) is 1.79. The average molecular weight is 258 g/mol. The lowest BCUT2D eigenvalue weighted by molar-refractivity contribution is 0.415. The third kappa shape index (κ3) is 1.76. The van der Waals surface area contributed by atoms with Crippen molar-refractivity contribution in [3.05, 3.63) is 29.9 Å².